The van der Waals surface area contributed by atoms with E-state index in [2.05, 4.69) is 24.5 Å². The molecule has 18 heavy (non-hydrogen) atoms. The van der Waals surface area contributed by atoms with Crippen LogP contribution in [0, 0.1) is 6.57 Å². The van der Waals surface area contributed by atoms with Gasteiger partial charge in [-0.25, -0.2) is 6.57 Å². The molecule has 1 aromatic carbocycles. The third kappa shape index (κ3) is 5.96. The number of hydrogen-bond acceptors (Lipinski definition) is 2. The fourth-order valence-electron chi connectivity index (χ4n) is 1.46. The van der Waals surface area contributed by atoms with E-state index in [9.17, 15) is 0 Å². The molecule has 0 amide bonds. The molecule has 0 N–H and O–H groups in total. The molecule has 0 aliphatic rings. The molecule has 1 rings (SSSR count). The van der Waals surface area contributed by atoms with Gasteiger partial charge in [0.2, 0.25) is 0 Å². The summed E-state index contributed by atoms with van der Waals surface area (Å²) >= 11 is 0. The van der Waals surface area contributed by atoms with Crippen LogP contribution in [-0.2, 0) is 9.16 Å². The highest BCUT2D eigenvalue weighted by Crippen LogP contribution is 2.18. The predicted octanol–water partition coefficient (Wildman–Crippen LogP) is 3.86. The summed E-state index contributed by atoms with van der Waals surface area (Å²) in [6.45, 7) is 14.9. The minimum atomic E-state index is -1.42. The molecule has 0 heterocycles. The Morgan fingerprint density at radius 2 is 1.83 bits per heavy atom. The standard InChI is InChI=1S/C14H21NO2Si/c1-15-14(13-9-6-5-7-10-13)16-11-8-12-17-18(2,3)4/h5-7,9-10,14H,8,11-12H2,2-4H3. The zero-order valence-corrected chi connectivity index (χ0v) is 12.3. The minimum absolute atomic E-state index is 0.488. The van der Waals surface area contributed by atoms with Crippen LogP contribution in [0.2, 0.25) is 19.6 Å². The SMILES string of the molecule is [C-]#[N+]C(OCCCO[Si](C)(C)C)c1ccccc1. The monoisotopic (exact) mass is 263 g/mol. The second-order valence-corrected chi connectivity index (χ2v) is 9.59. The van der Waals surface area contributed by atoms with Crippen molar-refractivity contribution in [1.82, 2.24) is 0 Å². The average molecular weight is 263 g/mol. The maximum Gasteiger partial charge on any atom is 0.354 e. The molecular formula is C14H21NO2Si. The van der Waals surface area contributed by atoms with E-state index in [0.717, 1.165) is 18.6 Å². The van der Waals surface area contributed by atoms with Crippen LogP contribution in [0.3, 0.4) is 0 Å². The van der Waals surface area contributed by atoms with Crippen LogP contribution in [0.25, 0.3) is 4.85 Å². The summed E-state index contributed by atoms with van der Waals surface area (Å²) in [5, 5.41) is 0. The molecule has 0 aliphatic heterocycles. The molecule has 0 aliphatic carbocycles. The highest BCUT2D eigenvalue weighted by Gasteiger charge is 2.16. The van der Waals surface area contributed by atoms with E-state index >= 15 is 0 Å². The topological polar surface area (TPSA) is 22.8 Å². The number of rotatable bonds is 7. The van der Waals surface area contributed by atoms with Gasteiger partial charge in [-0.3, -0.25) is 4.85 Å². The van der Waals surface area contributed by atoms with Gasteiger partial charge in [0.25, 0.3) is 0 Å². The smallest absolute Gasteiger partial charge is 0.354 e. The van der Waals surface area contributed by atoms with E-state index in [1.807, 2.05) is 30.3 Å². The first-order chi connectivity index (χ1) is 8.53. The van der Waals surface area contributed by atoms with Gasteiger partial charge in [0.15, 0.2) is 8.32 Å². The Bertz CT molecular complexity index is 381. The van der Waals surface area contributed by atoms with E-state index in [-0.39, 0.29) is 0 Å². The molecule has 3 nitrogen and oxygen atoms in total. The van der Waals surface area contributed by atoms with Crippen LogP contribution < -0.4 is 0 Å². The molecular weight excluding hydrogens is 242 g/mol. The highest BCUT2D eigenvalue weighted by molar-refractivity contribution is 6.69. The molecule has 1 atom stereocenters. The minimum Gasteiger partial charge on any atom is -0.418 e. The summed E-state index contributed by atoms with van der Waals surface area (Å²) in [6, 6.07) is 9.62. The van der Waals surface area contributed by atoms with Crippen molar-refractivity contribution in [3.63, 3.8) is 0 Å². The molecule has 0 bridgehead atoms. The molecule has 0 saturated carbocycles. The van der Waals surface area contributed by atoms with E-state index in [0.29, 0.717) is 6.61 Å². The van der Waals surface area contributed by atoms with Crippen LogP contribution in [0.15, 0.2) is 30.3 Å². The van der Waals surface area contributed by atoms with Crippen LogP contribution in [0.5, 0.6) is 0 Å². The third-order valence-corrected chi connectivity index (χ3v) is 3.37. The highest BCUT2D eigenvalue weighted by atomic mass is 28.4. The van der Waals surface area contributed by atoms with Crippen molar-refractivity contribution >= 4 is 8.32 Å². The summed E-state index contributed by atoms with van der Waals surface area (Å²) < 4.78 is 11.3. The Labute approximate surface area is 111 Å². The summed E-state index contributed by atoms with van der Waals surface area (Å²) in [6.07, 6.45) is 0.349. The molecule has 98 valence electrons. The normalized spacial score (nSPS) is 13.0. The number of hydrogen-bond donors (Lipinski definition) is 0. The number of nitrogens with zero attached hydrogens (tertiary/aromatic N) is 1. The lowest BCUT2D eigenvalue weighted by atomic mass is 10.2. The van der Waals surface area contributed by atoms with Gasteiger partial charge in [0.1, 0.15) is 0 Å². The second-order valence-electron chi connectivity index (χ2n) is 5.08. The summed E-state index contributed by atoms with van der Waals surface area (Å²) in [5.74, 6) is 0. The van der Waals surface area contributed by atoms with Crippen molar-refractivity contribution in [1.29, 1.82) is 0 Å². The number of ether oxygens (including phenoxy) is 1. The Kier molecular flexibility index (Phi) is 6.06. The Hall–Kier alpha value is -1.15. The molecule has 0 radical (unpaired) electrons. The fourth-order valence-corrected chi connectivity index (χ4v) is 2.21. The van der Waals surface area contributed by atoms with E-state index in [1.165, 1.54) is 0 Å². The van der Waals surface area contributed by atoms with Crippen molar-refractivity contribution < 1.29 is 9.16 Å². The number of benzene rings is 1. The predicted molar refractivity (Wildman–Crippen MR) is 75.7 cm³/mol. The lowest BCUT2D eigenvalue weighted by molar-refractivity contribution is 0.0730. The van der Waals surface area contributed by atoms with Crippen molar-refractivity contribution in [3.8, 4) is 0 Å². The molecule has 0 spiro atoms. The largest absolute Gasteiger partial charge is 0.418 e. The first-order valence-corrected chi connectivity index (χ1v) is 9.61. The van der Waals surface area contributed by atoms with E-state index in [1.54, 1.807) is 0 Å². The quantitative estimate of drug-likeness (QED) is 0.423. The average Bonchev–Trinajstić information content (AvgIpc) is 2.33. The zero-order valence-electron chi connectivity index (χ0n) is 11.3. The first-order valence-electron chi connectivity index (χ1n) is 6.20. The Morgan fingerprint density at radius 3 is 2.39 bits per heavy atom. The van der Waals surface area contributed by atoms with Crippen molar-refractivity contribution in [2.75, 3.05) is 13.2 Å². The van der Waals surface area contributed by atoms with Gasteiger partial charge in [0, 0.05) is 6.61 Å². The van der Waals surface area contributed by atoms with Crippen molar-refractivity contribution in [2.45, 2.75) is 32.3 Å². The molecule has 0 fully saturated rings. The van der Waals surface area contributed by atoms with Gasteiger partial charge in [-0.2, -0.15) is 0 Å². The summed E-state index contributed by atoms with van der Waals surface area (Å²) in [4.78, 5) is 3.50. The maximum atomic E-state index is 7.15. The second kappa shape index (κ2) is 7.32. The lowest BCUT2D eigenvalue weighted by Gasteiger charge is -2.16. The van der Waals surface area contributed by atoms with Crippen molar-refractivity contribution in [2.24, 2.45) is 0 Å². The fraction of sp³-hybridized carbons (Fsp3) is 0.500. The van der Waals surface area contributed by atoms with E-state index in [4.69, 9.17) is 15.7 Å². The van der Waals surface area contributed by atoms with Crippen molar-refractivity contribution in [3.05, 3.63) is 47.3 Å². The Morgan fingerprint density at radius 1 is 1.17 bits per heavy atom. The van der Waals surface area contributed by atoms with E-state index < -0.39 is 14.5 Å². The molecule has 1 unspecified atom stereocenters. The van der Waals surface area contributed by atoms with Crippen LogP contribution in [0.1, 0.15) is 18.2 Å². The molecule has 4 heteroatoms. The summed E-state index contributed by atoms with van der Waals surface area (Å²) in [7, 11) is -1.42. The lowest BCUT2D eigenvalue weighted by Crippen LogP contribution is -2.26. The Balaban J connectivity index is 2.28. The van der Waals surface area contributed by atoms with Crippen LogP contribution in [-0.4, -0.2) is 21.5 Å². The zero-order chi connectivity index (χ0) is 13.4. The van der Waals surface area contributed by atoms with Gasteiger partial charge >= 0.3 is 6.23 Å². The third-order valence-electron chi connectivity index (χ3n) is 2.30. The van der Waals surface area contributed by atoms with Gasteiger partial charge in [-0.05, 0) is 38.2 Å². The van der Waals surface area contributed by atoms with Gasteiger partial charge in [-0.1, -0.05) is 18.2 Å². The first kappa shape index (κ1) is 14.9. The molecule has 0 saturated heterocycles. The van der Waals surface area contributed by atoms with Gasteiger partial charge in [0.05, 0.1) is 12.2 Å². The van der Waals surface area contributed by atoms with Crippen LogP contribution in [0.4, 0.5) is 0 Å². The maximum absolute atomic E-state index is 7.15. The van der Waals surface area contributed by atoms with Gasteiger partial charge < -0.3 is 9.16 Å². The molecule has 1 aromatic rings. The molecule has 0 aromatic heterocycles. The summed E-state index contributed by atoms with van der Waals surface area (Å²) in [5.41, 5.74) is 0.915. The van der Waals surface area contributed by atoms with Crippen LogP contribution >= 0.6 is 0 Å². The van der Waals surface area contributed by atoms with Gasteiger partial charge in [-0.15, -0.1) is 0 Å².